The molecule has 2 aromatic heterocycles. The number of carbonyl (C=O) groups is 2. The van der Waals surface area contributed by atoms with Crippen LogP contribution in [0.15, 0.2) is 41.8 Å². The van der Waals surface area contributed by atoms with E-state index < -0.39 is 5.97 Å². The van der Waals surface area contributed by atoms with E-state index in [-0.39, 0.29) is 34.9 Å². The number of ether oxygens (including phenoxy) is 1. The second-order valence-electron chi connectivity index (χ2n) is 8.01. The molecule has 0 fully saturated rings. The summed E-state index contributed by atoms with van der Waals surface area (Å²) in [5.41, 5.74) is 1.44. The van der Waals surface area contributed by atoms with Gasteiger partial charge in [0, 0.05) is 48.6 Å². The Morgan fingerprint density at radius 1 is 1.36 bits per heavy atom. The number of nitrogens with zero attached hydrogens (tertiary/aromatic N) is 3. The first-order chi connectivity index (χ1) is 17.3. The quantitative estimate of drug-likeness (QED) is 0.274. The van der Waals surface area contributed by atoms with Gasteiger partial charge in [-0.2, -0.15) is 5.26 Å². The summed E-state index contributed by atoms with van der Waals surface area (Å²) < 4.78 is 6.90. The minimum absolute atomic E-state index is 0.0348. The zero-order chi connectivity index (χ0) is 26.2. The number of amides is 1. The SMILES string of the molecule is C=CCOC(=O)C(C#N)=c1sc(=CNc2ccc3c(C(=O)NCCN(C)C)c[nH]c3c2)c(=O)n1CC. The minimum Gasteiger partial charge on any atom is -0.457 e. The fourth-order valence-electron chi connectivity index (χ4n) is 3.42. The number of thiazole rings is 1. The molecule has 0 spiro atoms. The molecule has 11 heteroatoms. The van der Waals surface area contributed by atoms with Crippen molar-refractivity contribution < 1.29 is 14.3 Å². The highest BCUT2D eigenvalue weighted by atomic mass is 32.1. The first-order valence-corrected chi connectivity index (χ1v) is 12.0. The molecule has 0 radical (unpaired) electrons. The fraction of sp³-hybridized carbons (Fsp3) is 0.280. The second-order valence-corrected chi connectivity index (χ2v) is 9.04. The molecule has 0 saturated heterocycles. The summed E-state index contributed by atoms with van der Waals surface area (Å²) in [6.45, 7) is 6.77. The third-order valence-electron chi connectivity index (χ3n) is 5.23. The highest BCUT2D eigenvalue weighted by Crippen LogP contribution is 2.22. The Balaban J connectivity index is 1.89. The van der Waals surface area contributed by atoms with E-state index in [1.54, 1.807) is 19.2 Å². The standard InChI is InChI=1S/C25H28N6O4S/c1-5-11-35-25(34)18(13-26)24-31(6-2)23(33)21(36-24)15-28-16-7-8-17-19(14-29-20(17)12-16)22(32)27-9-10-30(3)4/h5,7-8,12,14-15,28-29H,1,6,9-11H2,2-4H3,(H,27,32). The zero-order valence-electron chi connectivity index (χ0n) is 20.4. The zero-order valence-corrected chi connectivity index (χ0v) is 21.2. The van der Waals surface area contributed by atoms with Gasteiger partial charge in [-0.3, -0.25) is 14.2 Å². The highest BCUT2D eigenvalue weighted by Gasteiger charge is 2.16. The normalized spacial score (nSPS) is 12.4. The van der Waals surface area contributed by atoms with Gasteiger partial charge in [0.1, 0.15) is 21.9 Å². The molecular weight excluding hydrogens is 480 g/mol. The smallest absolute Gasteiger partial charge is 0.352 e. The van der Waals surface area contributed by atoms with Gasteiger partial charge < -0.3 is 25.3 Å². The number of nitriles is 1. The van der Waals surface area contributed by atoms with E-state index in [4.69, 9.17) is 4.74 Å². The first-order valence-electron chi connectivity index (χ1n) is 11.2. The maximum atomic E-state index is 12.9. The van der Waals surface area contributed by atoms with Crippen LogP contribution in [-0.4, -0.2) is 60.1 Å². The molecule has 0 unspecified atom stereocenters. The molecule has 0 aliphatic rings. The number of anilines is 1. The van der Waals surface area contributed by atoms with Crippen molar-refractivity contribution in [2.45, 2.75) is 13.5 Å². The van der Waals surface area contributed by atoms with Gasteiger partial charge in [-0.15, -0.1) is 11.3 Å². The van der Waals surface area contributed by atoms with Crippen LogP contribution in [0.3, 0.4) is 0 Å². The molecule has 0 aliphatic carbocycles. The van der Waals surface area contributed by atoms with Crippen molar-refractivity contribution in [3.63, 3.8) is 0 Å². The number of rotatable bonds is 10. The van der Waals surface area contributed by atoms with Gasteiger partial charge in [-0.25, -0.2) is 4.79 Å². The van der Waals surface area contributed by atoms with Crippen LogP contribution < -0.4 is 25.4 Å². The number of likely N-dealkylation sites (N-methyl/N-ethyl adjacent to an activating group) is 1. The van der Waals surface area contributed by atoms with Crippen LogP contribution in [0, 0.1) is 11.3 Å². The monoisotopic (exact) mass is 508 g/mol. The molecule has 36 heavy (non-hydrogen) atoms. The first kappa shape index (κ1) is 26.5. The van der Waals surface area contributed by atoms with Gasteiger partial charge in [0.2, 0.25) is 0 Å². The van der Waals surface area contributed by atoms with Gasteiger partial charge >= 0.3 is 5.97 Å². The minimum atomic E-state index is -0.806. The summed E-state index contributed by atoms with van der Waals surface area (Å²) in [6.07, 6.45) is 4.60. The number of esters is 1. The Hall–Kier alpha value is -4.14. The number of hydrogen-bond donors (Lipinski definition) is 3. The summed E-state index contributed by atoms with van der Waals surface area (Å²) in [5.74, 6) is -0.961. The van der Waals surface area contributed by atoms with Crippen molar-refractivity contribution in [2.24, 2.45) is 0 Å². The van der Waals surface area contributed by atoms with Crippen LogP contribution in [0.1, 0.15) is 17.3 Å². The van der Waals surface area contributed by atoms with Crippen LogP contribution in [0.2, 0.25) is 0 Å². The van der Waals surface area contributed by atoms with E-state index in [9.17, 15) is 19.6 Å². The van der Waals surface area contributed by atoms with Gasteiger partial charge in [0.05, 0.1) is 5.56 Å². The predicted octanol–water partition coefficient (Wildman–Crippen LogP) is 0.956. The molecule has 1 amide bonds. The predicted molar refractivity (Wildman–Crippen MR) is 141 cm³/mol. The molecule has 0 atom stereocenters. The Morgan fingerprint density at radius 2 is 2.14 bits per heavy atom. The lowest BCUT2D eigenvalue weighted by Crippen LogP contribution is -2.32. The van der Waals surface area contributed by atoms with Crippen LogP contribution in [0.4, 0.5) is 5.69 Å². The molecule has 1 aromatic carbocycles. The van der Waals surface area contributed by atoms with Crippen LogP contribution in [0.25, 0.3) is 22.7 Å². The number of nitrogens with one attached hydrogen (secondary N) is 3. The largest absolute Gasteiger partial charge is 0.457 e. The topological polar surface area (TPSA) is 132 Å². The van der Waals surface area contributed by atoms with Gasteiger partial charge in [0.25, 0.3) is 11.5 Å². The Morgan fingerprint density at radius 3 is 2.81 bits per heavy atom. The van der Waals surface area contributed by atoms with Crippen molar-refractivity contribution >= 4 is 51.6 Å². The lowest BCUT2D eigenvalue weighted by Gasteiger charge is -2.10. The second kappa shape index (κ2) is 12.0. The number of H-pyrrole nitrogens is 1. The number of aromatic nitrogens is 2. The van der Waals surface area contributed by atoms with Crippen molar-refractivity contribution in [2.75, 3.05) is 39.1 Å². The number of aromatic amines is 1. The van der Waals surface area contributed by atoms with Gasteiger partial charge in [0.15, 0.2) is 5.57 Å². The fourth-order valence-corrected chi connectivity index (χ4v) is 4.50. The van der Waals surface area contributed by atoms with E-state index in [1.165, 1.54) is 16.8 Å². The van der Waals surface area contributed by atoms with E-state index in [2.05, 4.69) is 22.2 Å². The summed E-state index contributed by atoms with van der Waals surface area (Å²) in [6, 6.07) is 7.30. The Bertz CT molecular complexity index is 1510. The number of carbonyl (C=O) groups excluding carboxylic acids is 2. The summed E-state index contributed by atoms with van der Waals surface area (Å²) in [5, 5.41) is 16.3. The molecule has 188 valence electrons. The van der Waals surface area contributed by atoms with Crippen molar-refractivity contribution in [1.29, 1.82) is 5.26 Å². The Kier molecular flexibility index (Phi) is 8.83. The molecular formula is C25H28N6O4S. The van der Waals surface area contributed by atoms with Crippen molar-refractivity contribution in [1.82, 2.24) is 19.8 Å². The number of hydrogen-bond acceptors (Lipinski definition) is 8. The molecule has 0 bridgehead atoms. The maximum absolute atomic E-state index is 12.9. The molecule has 3 aromatic rings. The molecule has 0 saturated carbocycles. The molecule has 10 nitrogen and oxygen atoms in total. The molecule has 0 aliphatic heterocycles. The van der Waals surface area contributed by atoms with Crippen LogP contribution in [0.5, 0.6) is 0 Å². The lowest BCUT2D eigenvalue weighted by atomic mass is 10.1. The summed E-state index contributed by atoms with van der Waals surface area (Å²) in [4.78, 5) is 42.8. The molecule has 2 heterocycles. The van der Waals surface area contributed by atoms with Crippen LogP contribution >= 0.6 is 11.3 Å². The van der Waals surface area contributed by atoms with Crippen molar-refractivity contribution in [3.8, 4) is 6.07 Å². The van der Waals surface area contributed by atoms with E-state index in [1.807, 2.05) is 37.2 Å². The molecule has 3 N–H and O–H groups in total. The lowest BCUT2D eigenvalue weighted by molar-refractivity contribution is -0.135. The van der Waals surface area contributed by atoms with E-state index in [0.717, 1.165) is 28.8 Å². The van der Waals surface area contributed by atoms with Gasteiger partial charge in [-0.05, 0) is 39.2 Å². The third-order valence-corrected chi connectivity index (χ3v) is 6.36. The maximum Gasteiger partial charge on any atom is 0.352 e. The van der Waals surface area contributed by atoms with E-state index in [0.29, 0.717) is 22.3 Å². The summed E-state index contributed by atoms with van der Waals surface area (Å²) in [7, 11) is 3.88. The van der Waals surface area contributed by atoms with E-state index >= 15 is 0 Å². The highest BCUT2D eigenvalue weighted by molar-refractivity contribution is 7.07. The van der Waals surface area contributed by atoms with Crippen molar-refractivity contribution in [3.05, 3.63) is 62.2 Å². The average molecular weight is 509 g/mol. The third kappa shape index (κ3) is 5.91. The number of benzene rings is 1. The average Bonchev–Trinajstić information content (AvgIpc) is 3.41. The van der Waals surface area contributed by atoms with Crippen LogP contribution in [-0.2, 0) is 16.1 Å². The number of fused-ring (bicyclic) bond motifs is 1. The molecule has 3 rings (SSSR count). The van der Waals surface area contributed by atoms with Gasteiger partial charge in [-0.1, -0.05) is 12.7 Å². The Labute approximate surface area is 211 Å². The summed E-state index contributed by atoms with van der Waals surface area (Å²) >= 11 is 1.03.